The number of anilines is 1. The first-order chi connectivity index (χ1) is 12.3. The maximum atomic E-state index is 12.8. The fraction of sp³-hybridized carbons (Fsp3) is 0.118. The van der Waals surface area contributed by atoms with Crippen LogP contribution < -0.4 is 5.32 Å². The van der Waals surface area contributed by atoms with E-state index in [1.807, 2.05) is 30.3 Å². The monoisotopic (exact) mass is 382 g/mol. The molecule has 3 aromatic rings. The van der Waals surface area contributed by atoms with Crippen molar-refractivity contribution < 1.29 is 26.1 Å². The normalized spacial score (nSPS) is 12.1. The maximum Gasteiger partial charge on any atom is 0.501 e. The molecule has 0 radical (unpaired) electrons. The highest BCUT2D eigenvalue weighted by atomic mass is 32.2. The smallest absolute Gasteiger partial charge is 0.378 e. The van der Waals surface area contributed by atoms with Gasteiger partial charge in [-0.15, -0.1) is 0 Å². The van der Waals surface area contributed by atoms with Gasteiger partial charge in [0.1, 0.15) is 5.69 Å². The molecule has 1 heterocycles. The van der Waals surface area contributed by atoms with Crippen molar-refractivity contribution >= 4 is 15.5 Å². The zero-order valence-corrected chi connectivity index (χ0v) is 14.0. The van der Waals surface area contributed by atoms with Crippen LogP contribution in [0, 0.1) is 0 Å². The van der Waals surface area contributed by atoms with Gasteiger partial charge in [-0.3, -0.25) is 0 Å². The summed E-state index contributed by atoms with van der Waals surface area (Å²) >= 11 is 0. The van der Waals surface area contributed by atoms with Crippen LogP contribution >= 0.6 is 0 Å². The molecule has 0 unspecified atom stereocenters. The molecule has 136 valence electrons. The van der Waals surface area contributed by atoms with Crippen molar-refractivity contribution in [1.82, 2.24) is 5.16 Å². The first-order valence-electron chi connectivity index (χ1n) is 7.44. The van der Waals surface area contributed by atoms with Crippen molar-refractivity contribution in [3.8, 4) is 11.3 Å². The summed E-state index contributed by atoms with van der Waals surface area (Å²) in [6.07, 6.45) is 0. The zero-order valence-electron chi connectivity index (χ0n) is 13.2. The highest BCUT2D eigenvalue weighted by Crippen LogP contribution is 2.34. The van der Waals surface area contributed by atoms with Crippen molar-refractivity contribution in [2.75, 3.05) is 5.32 Å². The second kappa shape index (κ2) is 6.83. The molecule has 0 bridgehead atoms. The second-order valence-electron chi connectivity index (χ2n) is 5.35. The fourth-order valence-corrected chi connectivity index (χ4v) is 3.23. The quantitative estimate of drug-likeness (QED) is 0.714. The summed E-state index contributed by atoms with van der Waals surface area (Å²) in [6.45, 7) is 0.000718. The molecule has 0 aliphatic carbocycles. The number of halogens is 3. The Morgan fingerprint density at radius 1 is 1.00 bits per heavy atom. The van der Waals surface area contributed by atoms with Crippen LogP contribution in [-0.4, -0.2) is 19.1 Å². The standard InChI is InChI=1S/C17H13F3N2O3S/c18-17(19,20)26(23,24)16-9-5-4-8-14(16)21-11-13-10-15(25-22-13)12-6-2-1-3-7-12/h1-10,21H,11H2. The minimum absolute atomic E-state index is 0.000718. The molecule has 0 atom stereocenters. The van der Waals surface area contributed by atoms with Gasteiger partial charge in [-0.25, -0.2) is 8.42 Å². The summed E-state index contributed by atoms with van der Waals surface area (Å²) in [7, 11) is -5.46. The van der Waals surface area contributed by atoms with Gasteiger partial charge in [-0.2, -0.15) is 13.2 Å². The van der Waals surface area contributed by atoms with E-state index in [9.17, 15) is 21.6 Å². The molecular weight excluding hydrogens is 369 g/mol. The van der Waals surface area contributed by atoms with E-state index in [2.05, 4.69) is 10.5 Å². The van der Waals surface area contributed by atoms with E-state index < -0.39 is 20.2 Å². The number of sulfone groups is 1. The Kier molecular flexibility index (Phi) is 4.73. The molecule has 3 rings (SSSR count). The molecule has 1 N–H and O–H groups in total. The Morgan fingerprint density at radius 2 is 1.65 bits per heavy atom. The van der Waals surface area contributed by atoms with E-state index in [1.165, 1.54) is 18.2 Å². The van der Waals surface area contributed by atoms with Crippen LogP contribution in [0.2, 0.25) is 0 Å². The lowest BCUT2D eigenvalue weighted by Gasteiger charge is -2.13. The lowest BCUT2D eigenvalue weighted by Crippen LogP contribution is -2.24. The SMILES string of the molecule is O=S(=O)(c1ccccc1NCc1cc(-c2ccccc2)on1)C(F)(F)F. The van der Waals surface area contributed by atoms with Crippen LogP contribution in [0.5, 0.6) is 0 Å². The summed E-state index contributed by atoms with van der Waals surface area (Å²) in [5.41, 5.74) is -4.32. The molecule has 0 aliphatic heterocycles. The minimum atomic E-state index is -5.46. The molecule has 0 fully saturated rings. The number of para-hydroxylation sites is 1. The summed E-state index contributed by atoms with van der Waals surface area (Å²) in [5.74, 6) is 0.499. The molecule has 0 saturated carbocycles. The number of nitrogens with zero attached hydrogens (tertiary/aromatic N) is 1. The van der Waals surface area contributed by atoms with Crippen LogP contribution in [0.15, 0.2) is 70.1 Å². The van der Waals surface area contributed by atoms with Crippen molar-refractivity contribution in [3.05, 3.63) is 66.4 Å². The van der Waals surface area contributed by atoms with Gasteiger partial charge in [0.15, 0.2) is 5.76 Å². The Morgan fingerprint density at radius 3 is 2.35 bits per heavy atom. The van der Waals surface area contributed by atoms with Gasteiger partial charge in [0.05, 0.1) is 17.1 Å². The van der Waals surface area contributed by atoms with Crippen molar-refractivity contribution in [1.29, 1.82) is 0 Å². The predicted octanol–water partition coefficient (Wildman–Crippen LogP) is 4.25. The number of aromatic nitrogens is 1. The number of hydrogen-bond acceptors (Lipinski definition) is 5. The van der Waals surface area contributed by atoms with E-state index in [-0.39, 0.29) is 12.2 Å². The number of alkyl halides is 3. The van der Waals surface area contributed by atoms with Crippen molar-refractivity contribution in [2.24, 2.45) is 0 Å². The average molecular weight is 382 g/mol. The summed E-state index contributed by atoms with van der Waals surface area (Å²) in [4.78, 5) is -0.834. The second-order valence-corrected chi connectivity index (χ2v) is 7.26. The largest absolute Gasteiger partial charge is 0.501 e. The molecule has 26 heavy (non-hydrogen) atoms. The van der Waals surface area contributed by atoms with Gasteiger partial charge in [-0.05, 0) is 12.1 Å². The highest BCUT2D eigenvalue weighted by Gasteiger charge is 2.47. The molecule has 0 spiro atoms. The summed E-state index contributed by atoms with van der Waals surface area (Å²) in [5, 5.41) is 6.51. The fourth-order valence-electron chi connectivity index (χ4n) is 2.29. The number of nitrogens with one attached hydrogen (secondary N) is 1. The van der Waals surface area contributed by atoms with E-state index in [1.54, 1.807) is 6.07 Å². The molecule has 0 aliphatic rings. The molecule has 5 nitrogen and oxygen atoms in total. The Bertz CT molecular complexity index is 999. The van der Waals surface area contributed by atoms with Crippen LogP contribution in [0.4, 0.5) is 18.9 Å². The predicted molar refractivity (Wildman–Crippen MR) is 88.9 cm³/mol. The Balaban J connectivity index is 1.81. The van der Waals surface area contributed by atoms with E-state index in [4.69, 9.17) is 4.52 Å². The Labute approximate surface area is 147 Å². The Hall–Kier alpha value is -2.81. The van der Waals surface area contributed by atoms with E-state index in [0.717, 1.165) is 11.6 Å². The van der Waals surface area contributed by atoms with Gasteiger partial charge in [0, 0.05) is 11.6 Å². The lowest BCUT2D eigenvalue weighted by molar-refractivity contribution is -0.0435. The molecule has 0 saturated heterocycles. The van der Waals surface area contributed by atoms with Gasteiger partial charge >= 0.3 is 5.51 Å². The van der Waals surface area contributed by atoms with Crippen LogP contribution in [0.3, 0.4) is 0 Å². The average Bonchev–Trinajstić information content (AvgIpc) is 3.09. The van der Waals surface area contributed by atoms with Crippen molar-refractivity contribution in [3.63, 3.8) is 0 Å². The van der Waals surface area contributed by atoms with E-state index in [0.29, 0.717) is 11.5 Å². The van der Waals surface area contributed by atoms with Crippen LogP contribution in [-0.2, 0) is 16.4 Å². The third kappa shape index (κ3) is 3.57. The maximum absolute atomic E-state index is 12.8. The minimum Gasteiger partial charge on any atom is -0.378 e. The summed E-state index contributed by atoms with van der Waals surface area (Å²) < 4.78 is 67.0. The molecule has 9 heteroatoms. The molecular formula is C17H13F3N2O3S. The molecule has 0 amide bonds. The highest BCUT2D eigenvalue weighted by molar-refractivity contribution is 7.92. The molecule has 1 aromatic heterocycles. The number of benzene rings is 2. The third-order valence-electron chi connectivity index (χ3n) is 3.56. The zero-order chi connectivity index (χ0) is 18.8. The first-order valence-corrected chi connectivity index (χ1v) is 8.92. The molecule has 2 aromatic carbocycles. The van der Waals surface area contributed by atoms with Gasteiger partial charge in [-0.1, -0.05) is 47.6 Å². The number of rotatable bonds is 5. The lowest BCUT2D eigenvalue weighted by atomic mass is 10.1. The van der Waals surface area contributed by atoms with Crippen LogP contribution in [0.1, 0.15) is 5.69 Å². The van der Waals surface area contributed by atoms with Gasteiger partial charge in [0.2, 0.25) is 0 Å². The van der Waals surface area contributed by atoms with E-state index >= 15 is 0 Å². The van der Waals surface area contributed by atoms with Gasteiger partial charge < -0.3 is 9.84 Å². The topological polar surface area (TPSA) is 72.2 Å². The van der Waals surface area contributed by atoms with Crippen LogP contribution in [0.25, 0.3) is 11.3 Å². The first kappa shape index (κ1) is 18.0. The number of hydrogen-bond donors (Lipinski definition) is 1. The van der Waals surface area contributed by atoms with Gasteiger partial charge in [0.25, 0.3) is 9.84 Å². The van der Waals surface area contributed by atoms with Crippen molar-refractivity contribution in [2.45, 2.75) is 16.9 Å². The summed E-state index contributed by atoms with van der Waals surface area (Å²) in [6, 6.07) is 15.6. The third-order valence-corrected chi connectivity index (χ3v) is 5.10.